The molecule has 2 rings (SSSR count). The van der Waals surface area contributed by atoms with E-state index in [0.29, 0.717) is 29.8 Å². The van der Waals surface area contributed by atoms with Gasteiger partial charge in [0.15, 0.2) is 0 Å². The van der Waals surface area contributed by atoms with E-state index in [-0.39, 0.29) is 0 Å². The number of ether oxygens (including phenoxy) is 2. The van der Waals surface area contributed by atoms with Gasteiger partial charge in [-0.15, -0.1) is 0 Å². The van der Waals surface area contributed by atoms with Crippen LogP contribution in [0.1, 0.15) is 25.7 Å². The van der Waals surface area contributed by atoms with E-state index in [4.69, 9.17) is 9.47 Å². The molecule has 20 heavy (non-hydrogen) atoms. The van der Waals surface area contributed by atoms with Crippen molar-refractivity contribution in [3.8, 4) is 11.8 Å². The van der Waals surface area contributed by atoms with E-state index in [2.05, 4.69) is 20.2 Å². The Labute approximate surface area is 120 Å². The standard InChI is InChI=1S/C14H24N4O2/c1-15-10-5-7-11(8-6-10)18(2)14-16-12(19-3)9-13(17-14)20-4/h9-11,15H,5-8H2,1-4H3. The normalized spacial score (nSPS) is 22.4. The van der Waals surface area contributed by atoms with Crippen molar-refractivity contribution < 1.29 is 9.47 Å². The van der Waals surface area contributed by atoms with Crippen molar-refractivity contribution in [3.05, 3.63) is 6.07 Å². The molecule has 0 atom stereocenters. The van der Waals surface area contributed by atoms with Crippen molar-refractivity contribution in [2.24, 2.45) is 0 Å². The van der Waals surface area contributed by atoms with Crippen molar-refractivity contribution in [2.45, 2.75) is 37.8 Å². The van der Waals surface area contributed by atoms with Gasteiger partial charge in [0.25, 0.3) is 0 Å². The van der Waals surface area contributed by atoms with Crippen LogP contribution in [0, 0.1) is 0 Å². The third-order valence-corrected chi connectivity index (χ3v) is 4.05. The molecule has 1 aliphatic carbocycles. The zero-order valence-electron chi connectivity index (χ0n) is 12.7. The number of methoxy groups -OCH3 is 2. The Balaban J connectivity index is 2.10. The highest BCUT2D eigenvalue weighted by Crippen LogP contribution is 2.27. The quantitative estimate of drug-likeness (QED) is 0.881. The summed E-state index contributed by atoms with van der Waals surface area (Å²) in [6.45, 7) is 0. The molecule has 0 aromatic carbocycles. The average Bonchev–Trinajstić information content (AvgIpc) is 2.53. The van der Waals surface area contributed by atoms with Gasteiger partial charge in [-0.05, 0) is 32.7 Å². The lowest BCUT2D eigenvalue weighted by Crippen LogP contribution is -2.40. The number of rotatable bonds is 5. The summed E-state index contributed by atoms with van der Waals surface area (Å²) in [7, 11) is 7.27. The molecule has 0 bridgehead atoms. The first-order chi connectivity index (χ1) is 9.67. The molecule has 6 nitrogen and oxygen atoms in total. The monoisotopic (exact) mass is 280 g/mol. The lowest BCUT2D eigenvalue weighted by Gasteiger charge is -2.34. The second kappa shape index (κ2) is 6.74. The lowest BCUT2D eigenvalue weighted by atomic mass is 9.90. The van der Waals surface area contributed by atoms with Gasteiger partial charge in [0, 0.05) is 19.1 Å². The van der Waals surface area contributed by atoms with Crippen LogP contribution in [0.3, 0.4) is 0 Å². The molecule has 1 aliphatic rings. The van der Waals surface area contributed by atoms with E-state index >= 15 is 0 Å². The molecule has 1 saturated carbocycles. The number of aromatic nitrogens is 2. The largest absolute Gasteiger partial charge is 0.481 e. The molecule has 0 radical (unpaired) electrons. The molecule has 112 valence electrons. The van der Waals surface area contributed by atoms with Crippen LogP contribution in [0.25, 0.3) is 0 Å². The number of anilines is 1. The highest BCUT2D eigenvalue weighted by Gasteiger charge is 2.25. The van der Waals surface area contributed by atoms with Crippen LogP contribution < -0.4 is 19.7 Å². The molecule has 0 saturated heterocycles. The summed E-state index contributed by atoms with van der Waals surface area (Å²) in [4.78, 5) is 11.0. The topological polar surface area (TPSA) is 59.5 Å². The summed E-state index contributed by atoms with van der Waals surface area (Å²) in [6, 6.07) is 2.80. The van der Waals surface area contributed by atoms with Crippen LogP contribution >= 0.6 is 0 Å². The number of nitrogens with zero attached hydrogens (tertiary/aromatic N) is 3. The Morgan fingerprint density at radius 3 is 2.10 bits per heavy atom. The molecular weight excluding hydrogens is 256 g/mol. The highest BCUT2D eigenvalue weighted by molar-refractivity contribution is 5.37. The molecule has 0 spiro atoms. The van der Waals surface area contributed by atoms with Gasteiger partial charge in [-0.2, -0.15) is 9.97 Å². The van der Waals surface area contributed by atoms with E-state index in [1.807, 2.05) is 14.1 Å². The summed E-state index contributed by atoms with van der Waals surface area (Å²) in [5, 5.41) is 3.35. The maximum Gasteiger partial charge on any atom is 0.231 e. The third-order valence-electron chi connectivity index (χ3n) is 4.05. The number of hydrogen-bond donors (Lipinski definition) is 1. The minimum atomic E-state index is 0.469. The molecule has 0 amide bonds. The van der Waals surface area contributed by atoms with Crippen LogP contribution in [0.2, 0.25) is 0 Å². The van der Waals surface area contributed by atoms with Gasteiger partial charge in [0.2, 0.25) is 17.7 Å². The van der Waals surface area contributed by atoms with E-state index < -0.39 is 0 Å². The predicted molar refractivity (Wildman–Crippen MR) is 78.6 cm³/mol. The lowest BCUT2D eigenvalue weighted by molar-refractivity contribution is 0.344. The van der Waals surface area contributed by atoms with E-state index in [1.165, 1.54) is 12.8 Å². The Morgan fingerprint density at radius 1 is 1.10 bits per heavy atom. The summed E-state index contributed by atoms with van der Waals surface area (Å²) in [6.07, 6.45) is 4.66. The molecule has 6 heteroatoms. The van der Waals surface area contributed by atoms with Crippen LogP contribution in [0.4, 0.5) is 5.95 Å². The summed E-state index contributed by atoms with van der Waals surface area (Å²) < 4.78 is 10.4. The SMILES string of the molecule is CNC1CCC(N(C)c2nc(OC)cc(OC)n2)CC1. The molecule has 0 aliphatic heterocycles. The number of hydrogen-bond acceptors (Lipinski definition) is 6. The van der Waals surface area contributed by atoms with E-state index in [9.17, 15) is 0 Å². The number of nitrogens with one attached hydrogen (secondary N) is 1. The predicted octanol–water partition coefficient (Wildman–Crippen LogP) is 1.46. The Bertz CT molecular complexity index is 411. The maximum absolute atomic E-state index is 5.20. The van der Waals surface area contributed by atoms with Crippen molar-refractivity contribution in [2.75, 3.05) is 33.2 Å². The summed E-state index contributed by atoms with van der Waals surface area (Å²) in [5.74, 6) is 1.72. The zero-order valence-corrected chi connectivity index (χ0v) is 12.7. The van der Waals surface area contributed by atoms with Gasteiger partial charge in [-0.3, -0.25) is 0 Å². The van der Waals surface area contributed by atoms with Gasteiger partial charge in [0.1, 0.15) is 0 Å². The van der Waals surface area contributed by atoms with Gasteiger partial charge in [-0.25, -0.2) is 0 Å². The average molecular weight is 280 g/mol. The first-order valence-electron chi connectivity index (χ1n) is 7.05. The Hall–Kier alpha value is -1.56. The van der Waals surface area contributed by atoms with Crippen molar-refractivity contribution in [3.63, 3.8) is 0 Å². The second-order valence-corrected chi connectivity index (χ2v) is 5.16. The second-order valence-electron chi connectivity index (χ2n) is 5.16. The van der Waals surface area contributed by atoms with Crippen molar-refractivity contribution >= 4 is 5.95 Å². The molecular formula is C14H24N4O2. The molecule has 1 heterocycles. The first kappa shape index (κ1) is 14.8. The Morgan fingerprint density at radius 2 is 1.65 bits per heavy atom. The fraction of sp³-hybridized carbons (Fsp3) is 0.714. The van der Waals surface area contributed by atoms with Crippen LogP contribution in [0.5, 0.6) is 11.8 Å². The van der Waals surface area contributed by atoms with Crippen LogP contribution in [-0.2, 0) is 0 Å². The third kappa shape index (κ3) is 3.30. The van der Waals surface area contributed by atoms with E-state index in [0.717, 1.165) is 12.8 Å². The van der Waals surface area contributed by atoms with Gasteiger partial charge >= 0.3 is 0 Å². The summed E-state index contributed by atoms with van der Waals surface area (Å²) in [5.41, 5.74) is 0. The highest BCUT2D eigenvalue weighted by atomic mass is 16.5. The van der Waals surface area contributed by atoms with Gasteiger partial charge < -0.3 is 19.7 Å². The smallest absolute Gasteiger partial charge is 0.231 e. The van der Waals surface area contributed by atoms with Crippen LogP contribution in [-0.4, -0.2) is 50.4 Å². The molecule has 0 unspecified atom stereocenters. The van der Waals surface area contributed by atoms with Crippen molar-refractivity contribution in [1.82, 2.24) is 15.3 Å². The molecule has 1 N–H and O–H groups in total. The molecule has 1 aromatic heterocycles. The fourth-order valence-corrected chi connectivity index (χ4v) is 2.67. The van der Waals surface area contributed by atoms with Crippen molar-refractivity contribution in [1.29, 1.82) is 0 Å². The van der Waals surface area contributed by atoms with E-state index in [1.54, 1.807) is 20.3 Å². The summed E-state index contributed by atoms with van der Waals surface area (Å²) >= 11 is 0. The zero-order chi connectivity index (χ0) is 14.5. The fourth-order valence-electron chi connectivity index (χ4n) is 2.67. The van der Waals surface area contributed by atoms with Gasteiger partial charge in [-0.1, -0.05) is 0 Å². The molecule has 1 aromatic rings. The first-order valence-corrected chi connectivity index (χ1v) is 7.05. The van der Waals surface area contributed by atoms with Crippen LogP contribution in [0.15, 0.2) is 6.07 Å². The van der Waals surface area contributed by atoms with Gasteiger partial charge in [0.05, 0.1) is 20.3 Å². The molecule has 1 fully saturated rings. The maximum atomic E-state index is 5.20. The minimum Gasteiger partial charge on any atom is -0.481 e. The Kier molecular flexibility index (Phi) is 5.00. The minimum absolute atomic E-state index is 0.469.